The van der Waals surface area contributed by atoms with Gasteiger partial charge in [0.1, 0.15) is 28.9 Å². The van der Waals surface area contributed by atoms with Crippen molar-refractivity contribution in [3.05, 3.63) is 0 Å². The molecular weight excluding hydrogens is 380 g/mol. The molecule has 0 saturated heterocycles. The lowest BCUT2D eigenvalue weighted by molar-refractivity contribution is -0.148. The molecule has 0 aromatic carbocycles. The molecule has 0 aromatic rings. The Kier molecular flexibility index (Phi) is 6.50. The van der Waals surface area contributed by atoms with Gasteiger partial charge in [-0.25, -0.2) is 0 Å². The monoisotopic (exact) mass is 416 g/mol. The van der Waals surface area contributed by atoms with Crippen LogP contribution < -0.4 is 0 Å². The third-order valence-corrected chi connectivity index (χ3v) is 7.38. The fourth-order valence-corrected chi connectivity index (χ4v) is 6.05. The molecular formula is C25H36O5. The Bertz CT molecular complexity index is 672. The number of ketones is 5. The fraction of sp³-hybridized carbons (Fsp3) is 0.800. The van der Waals surface area contributed by atoms with Crippen LogP contribution in [0.5, 0.6) is 0 Å². The number of hydrogen-bond donors (Lipinski definition) is 0. The fourth-order valence-electron chi connectivity index (χ4n) is 6.05. The minimum absolute atomic E-state index is 0.0725. The summed E-state index contributed by atoms with van der Waals surface area (Å²) in [4.78, 5) is 64.5. The van der Waals surface area contributed by atoms with Crippen molar-refractivity contribution in [3.8, 4) is 0 Å². The van der Waals surface area contributed by atoms with Gasteiger partial charge in [-0.3, -0.25) is 24.0 Å². The summed E-state index contributed by atoms with van der Waals surface area (Å²) in [6, 6.07) is 0. The smallest absolute Gasteiger partial charge is 0.144 e. The van der Waals surface area contributed by atoms with E-state index in [0.717, 1.165) is 19.3 Å². The first-order valence-electron chi connectivity index (χ1n) is 11.5. The summed E-state index contributed by atoms with van der Waals surface area (Å²) in [6.45, 7) is 7.64. The van der Waals surface area contributed by atoms with Gasteiger partial charge in [0.25, 0.3) is 0 Å². The molecule has 3 aliphatic carbocycles. The maximum absolute atomic E-state index is 13.1. The normalized spacial score (nSPS) is 28.4. The van der Waals surface area contributed by atoms with Gasteiger partial charge in [-0.2, -0.15) is 0 Å². The standard InChI is InChI=1S/C25H36O5/c1-24(2)11-18(27)22(19(28)12-24)16(10-9-15-7-5-6-8-17(15)26)23-20(29)13-25(3,4)14-21(23)30/h15-16,22-23H,5-14H2,1-4H3/t15-/m0/s1. The van der Waals surface area contributed by atoms with E-state index in [1.807, 2.05) is 27.7 Å². The van der Waals surface area contributed by atoms with Crippen molar-refractivity contribution in [3.63, 3.8) is 0 Å². The largest absolute Gasteiger partial charge is 0.299 e. The molecule has 5 nitrogen and oxygen atoms in total. The summed E-state index contributed by atoms with van der Waals surface area (Å²) >= 11 is 0. The van der Waals surface area contributed by atoms with E-state index in [9.17, 15) is 24.0 Å². The zero-order chi connectivity index (χ0) is 22.3. The molecule has 0 heterocycles. The molecule has 166 valence electrons. The Morgan fingerprint density at radius 1 is 0.700 bits per heavy atom. The van der Waals surface area contributed by atoms with Crippen LogP contribution in [0.15, 0.2) is 0 Å². The molecule has 0 unspecified atom stereocenters. The molecule has 3 saturated carbocycles. The van der Waals surface area contributed by atoms with Gasteiger partial charge in [-0.05, 0) is 42.4 Å². The summed E-state index contributed by atoms with van der Waals surface area (Å²) in [6.07, 6.45) is 5.49. The highest BCUT2D eigenvalue weighted by molar-refractivity contribution is 6.09. The summed E-state index contributed by atoms with van der Waals surface area (Å²) in [5.41, 5.74) is -0.756. The average molecular weight is 417 g/mol. The molecule has 0 radical (unpaired) electrons. The highest BCUT2D eigenvalue weighted by atomic mass is 16.2. The topological polar surface area (TPSA) is 85.3 Å². The first-order valence-corrected chi connectivity index (χ1v) is 11.5. The van der Waals surface area contributed by atoms with Gasteiger partial charge in [0.2, 0.25) is 0 Å². The van der Waals surface area contributed by atoms with E-state index in [-0.39, 0.29) is 45.7 Å². The van der Waals surface area contributed by atoms with Crippen molar-refractivity contribution in [1.29, 1.82) is 0 Å². The van der Waals surface area contributed by atoms with Crippen LogP contribution in [0.3, 0.4) is 0 Å². The molecule has 0 amide bonds. The third-order valence-electron chi connectivity index (χ3n) is 7.38. The van der Waals surface area contributed by atoms with E-state index < -0.39 is 17.8 Å². The molecule has 0 aliphatic heterocycles. The van der Waals surface area contributed by atoms with Crippen molar-refractivity contribution >= 4 is 28.9 Å². The predicted octanol–water partition coefficient (Wildman–Crippen LogP) is 4.29. The summed E-state index contributed by atoms with van der Waals surface area (Å²) in [7, 11) is 0. The maximum atomic E-state index is 13.1. The molecule has 0 spiro atoms. The van der Waals surface area contributed by atoms with E-state index in [1.165, 1.54) is 0 Å². The van der Waals surface area contributed by atoms with Crippen molar-refractivity contribution < 1.29 is 24.0 Å². The average Bonchev–Trinajstić information content (AvgIpc) is 2.56. The van der Waals surface area contributed by atoms with Crippen LogP contribution in [-0.2, 0) is 24.0 Å². The second kappa shape index (κ2) is 8.47. The Morgan fingerprint density at radius 2 is 1.13 bits per heavy atom. The Balaban J connectivity index is 1.87. The number of carbonyl (C=O) groups is 5. The summed E-state index contributed by atoms with van der Waals surface area (Å²) in [5, 5.41) is 0. The van der Waals surface area contributed by atoms with E-state index in [2.05, 4.69) is 0 Å². The number of carbonyl (C=O) groups excluding carboxylic acids is 5. The summed E-state index contributed by atoms with van der Waals surface area (Å²) < 4.78 is 0. The van der Waals surface area contributed by atoms with Gasteiger partial charge in [0.05, 0.1) is 11.8 Å². The lowest BCUT2D eigenvalue weighted by Crippen LogP contribution is -2.49. The van der Waals surface area contributed by atoms with Crippen LogP contribution in [0, 0.1) is 34.5 Å². The van der Waals surface area contributed by atoms with E-state index in [4.69, 9.17) is 0 Å². The van der Waals surface area contributed by atoms with Crippen LogP contribution in [-0.4, -0.2) is 28.9 Å². The lowest BCUT2D eigenvalue weighted by Gasteiger charge is -2.41. The highest BCUT2D eigenvalue weighted by Crippen LogP contribution is 2.45. The predicted molar refractivity (Wildman–Crippen MR) is 113 cm³/mol. The van der Waals surface area contributed by atoms with Crippen LogP contribution in [0.25, 0.3) is 0 Å². The highest BCUT2D eigenvalue weighted by Gasteiger charge is 2.51. The van der Waals surface area contributed by atoms with E-state index in [0.29, 0.717) is 44.9 Å². The third kappa shape index (κ3) is 4.97. The van der Waals surface area contributed by atoms with E-state index >= 15 is 0 Å². The van der Waals surface area contributed by atoms with Crippen LogP contribution >= 0.6 is 0 Å². The molecule has 0 N–H and O–H groups in total. The molecule has 0 aromatic heterocycles. The number of Topliss-reactive ketones (excluding diaryl/α,β-unsaturated/α-hetero) is 5. The van der Waals surface area contributed by atoms with Gasteiger partial charge < -0.3 is 0 Å². The number of hydrogen-bond acceptors (Lipinski definition) is 5. The van der Waals surface area contributed by atoms with Crippen LogP contribution in [0.4, 0.5) is 0 Å². The van der Waals surface area contributed by atoms with Crippen LogP contribution in [0.2, 0.25) is 0 Å². The van der Waals surface area contributed by atoms with Gasteiger partial charge in [0, 0.05) is 38.0 Å². The molecule has 3 aliphatic rings. The minimum Gasteiger partial charge on any atom is -0.299 e. The zero-order valence-electron chi connectivity index (χ0n) is 18.9. The Labute approximate surface area is 179 Å². The lowest BCUT2D eigenvalue weighted by atomic mass is 9.59. The van der Waals surface area contributed by atoms with Gasteiger partial charge in [-0.1, -0.05) is 34.1 Å². The Morgan fingerprint density at radius 3 is 1.53 bits per heavy atom. The maximum Gasteiger partial charge on any atom is 0.144 e. The second-order valence-electron chi connectivity index (χ2n) is 11.5. The SMILES string of the molecule is CC1(C)CC(=O)C(C(CC[C@@H]2CCCCC2=O)C2C(=O)CC(C)(C)CC2=O)C(=O)C1. The second-order valence-corrected chi connectivity index (χ2v) is 11.5. The molecule has 3 rings (SSSR count). The minimum atomic E-state index is -0.879. The quantitative estimate of drug-likeness (QED) is 0.624. The van der Waals surface area contributed by atoms with Crippen molar-refractivity contribution in [1.82, 2.24) is 0 Å². The van der Waals surface area contributed by atoms with Crippen molar-refractivity contribution in [2.75, 3.05) is 0 Å². The van der Waals surface area contributed by atoms with Crippen molar-refractivity contribution in [2.45, 2.75) is 91.9 Å². The molecule has 0 bridgehead atoms. The molecule has 30 heavy (non-hydrogen) atoms. The molecule has 5 heteroatoms. The zero-order valence-corrected chi connectivity index (χ0v) is 18.9. The van der Waals surface area contributed by atoms with Gasteiger partial charge in [-0.15, -0.1) is 0 Å². The van der Waals surface area contributed by atoms with Crippen molar-refractivity contribution in [2.24, 2.45) is 34.5 Å². The van der Waals surface area contributed by atoms with E-state index in [1.54, 1.807) is 0 Å². The molecule has 1 atom stereocenters. The van der Waals surface area contributed by atoms with Gasteiger partial charge >= 0.3 is 0 Å². The van der Waals surface area contributed by atoms with Gasteiger partial charge in [0.15, 0.2) is 0 Å². The first-order chi connectivity index (χ1) is 13.9. The summed E-state index contributed by atoms with van der Waals surface area (Å²) in [5.74, 6) is -2.73. The first kappa shape index (κ1) is 23.0. The number of rotatable bonds is 5. The van der Waals surface area contributed by atoms with Crippen LogP contribution in [0.1, 0.15) is 91.9 Å². The Hall–Kier alpha value is -1.65. The molecule has 3 fully saturated rings.